The van der Waals surface area contributed by atoms with E-state index in [1.165, 1.54) is 0 Å². The number of rotatable bonds is 6. The van der Waals surface area contributed by atoms with Crippen molar-refractivity contribution in [3.63, 3.8) is 0 Å². The molecule has 0 heterocycles. The Hall–Kier alpha value is -1.06. The highest BCUT2D eigenvalue weighted by Gasteiger charge is 2.43. The number of carbonyl (C=O) groups excluding carboxylic acids is 1. The van der Waals surface area contributed by atoms with Crippen molar-refractivity contribution in [2.24, 2.45) is 11.8 Å². The molecule has 1 fully saturated rings. The molecular weight excluding hydrogens is 230 g/mol. The smallest absolute Gasteiger partial charge is 0.329 e. The third-order valence-electron chi connectivity index (χ3n) is 3.97. The van der Waals surface area contributed by atoms with E-state index >= 15 is 0 Å². The summed E-state index contributed by atoms with van der Waals surface area (Å²) in [5.41, 5.74) is -1.00. The second-order valence-corrected chi connectivity index (χ2v) is 5.72. The first-order valence-corrected chi connectivity index (χ1v) is 6.98. The van der Waals surface area contributed by atoms with Gasteiger partial charge in [0.15, 0.2) is 0 Å². The van der Waals surface area contributed by atoms with Gasteiger partial charge in [0.2, 0.25) is 5.91 Å². The number of hydrogen-bond acceptors (Lipinski definition) is 2. The van der Waals surface area contributed by atoms with E-state index in [9.17, 15) is 14.7 Å². The van der Waals surface area contributed by atoms with E-state index in [1.54, 1.807) is 0 Å². The molecule has 2 N–H and O–H groups in total. The van der Waals surface area contributed by atoms with Gasteiger partial charge in [-0.3, -0.25) is 4.79 Å². The van der Waals surface area contributed by atoms with Crippen molar-refractivity contribution in [3.8, 4) is 0 Å². The summed E-state index contributed by atoms with van der Waals surface area (Å²) in [6.07, 6.45) is 4.64. The number of amides is 1. The topological polar surface area (TPSA) is 66.4 Å². The van der Waals surface area contributed by atoms with E-state index in [1.807, 2.05) is 20.8 Å². The molecule has 0 aliphatic heterocycles. The molecule has 0 aromatic heterocycles. The molecule has 1 amide bonds. The molecule has 0 aromatic rings. The Bertz CT molecular complexity index is 306. The first-order valence-electron chi connectivity index (χ1n) is 6.98. The lowest BCUT2D eigenvalue weighted by atomic mass is 9.88. The average Bonchev–Trinajstić information content (AvgIpc) is 2.75. The van der Waals surface area contributed by atoms with Gasteiger partial charge in [-0.05, 0) is 25.2 Å². The van der Waals surface area contributed by atoms with E-state index < -0.39 is 11.5 Å². The number of nitrogens with one attached hydrogen (secondary N) is 1. The van der Waals surface area contributed by atoms with Gasteiger partial charge in [0, 0.05) is 5.92 Å². The summed E-state index contributed by atoms with van der Waals surface area (Å²) in [5, 5.41) is 12.2. The van der Waals surface area contributed by atoms with Crippen LogP contribution in [-0.4, -0.2) is 22.5 Å². The van der Waals surface area contributed by atoms with Crippen LogP contribution in [0.15, 0.2) is 0 Å². The van der Waals surface area contributed by atoms with Crippen LogP contribution in [0.5, 0.6) is 0 Å². The Labute approximate surface area is 109 Å². The molecule has 4 nitrogen and oxygen atoms in total. The van der Waals surface area contributed by atoms with Crippen LogP contribution in [0.4, 0.5) is 0 Å². The first-order chi connectivity index (χ1) is 8.43. The molecule has 0 saturated heterocycles. The van der Waals surface area contributed by atoms with Crippen LogP contribution in [0.25, 0.3) is 0 Å². The summed E-state index contributed by atoms with van der Waals surface area (Å²) in [6.45, 7) is 6.08. The summed E-state index contributed by atoms with van der Waals surface area (Å²) in [4.78, 5) is 23.7. The summed E-state index contributed by atoms with van der Waals surface area (Å²) in [7, 11) is 0. The van der Waals surface area contributed by atoms with Crippen molar-refractivity contribution in [1.29, 1.82) is 0 Å². The molecule has 1 aliphatic rings. The van der Waals surface area contributed by atoms with Gasteiger partial charge in [-0.1, -0.05) is 40.0 Å². The monoisotopic (exact) mass is 255 g/mol. The quantitative estimate of drug-likeness (QED) is 0.766. The van der Waals surface area contributed by atoms with Crippen molar-refractivity contribution in [1.82, 2.24) is 5.32 Å². The minimum atomic E-state index is -1.00. The van der Waals surface area contributed by atoms with Gasteiger partial charge >= 0.3 is 5.97 Å². The minimum Gasteiger partial charge on any atom is -0.480 e. The number of hydrogen-bond donors (Lipinski definition) is 2. The lowest BCUT2D eigenvalue weighted by Gasteiger charge is -2.29. The summed E-state index contributed by atoms with van der Waals surface area (Å²) >= 11 is 0. The van der Waals surface area contributed by atoms with E-state index in [0.717, 1.165) is 25.7 Å². The van der Waals surface area contributed by atoms with Crippen LogP contribution in [0.3, 0.4) is 0 Å². The maximum absolute atomic E-state index is 12.3. The molecular formula is C14H25NO3. The SMILES string of the molecule is CCCC(C(=O)NC1(C(=O)O)CCCC1)C(C)C. The zero-order chi connectivity index (χ0) is 13.8. The van der Waals surface area contributed by atoms with Crippen LogP contribution in [0.2, 0.25) is 0 Å². The van der Waals surface area contributed by atoms with Crippen molar-refractivity contribution < 1.29 is 14.7 Å². The van der Waals surface area contributed by atoms with Gasteiger partial charge in [0.25, 0.3) is 0 Å². The lowest BCUT2D eigenvalue weighted by molar-refractivity contribution is -0.148. The second kappa shape index (κ2) is 6.21. The summed E-state index contributed by atoms with van der Waals surface area (Å²) in [6, 6.07) is 0. The largest absolute Gasteiger partial charge is 0.480 e. The molecule has 104 valence electrons. The molecule has 1 rings (SSSR count). The molecule has 0 aromatic carbocycles. The van der Waals surface area contributed by atoms with Crippen LogP contribution in [-0.2, 0) is 9.59 Å². The molecule has 1 aliphatic carbocycles. The highest BCUT2D eigenvalue weighted by atomic mass is 16.4. The average molecular weight is 255 g/mol. The van der Waals surface area contributed by atoms with E-state index in [4.69, 9.17) is 0 Å². The third-order valence-corrected chi connectivity index (χ3v) is 3.97. The zero-order valence-electron chi connectivity index (χ0n) is 11.7. The van der Waals surface area contributed by atoms with Crippen LogP contribution in [0.1, 0.15) is 59.3 Å². The predicted octanol–water partition coefficient (Wildman–Crippen LogP) is 2.57. The van der Waals surface area contributed by atoms with E-state index in [-0.39, 0.29) is 17.7 Å². The molecule has 0 radical (unpaired) electrons. The third kappa shape index (κ3) is 3.24. The highest BCUT2D eigenvalue weighted by molar-refractivity contribution is 5.88. The number of carboxylic acid groups (broad SMARTS) is 1. The van der Waals surface area contributed by atoms with Crippen LogP contribution < -0.4 is 5.32 Å². The maximum Gasteiger partial charge on any atom is 0.329 e. The number of carboxylic acids is 1. The summed E-state index contributed by atoms with van der Waals surface area (Å²) < 4.78 is 0. The van der Waals surface area contributed by atoms with Crippen molar-refractivity contribution in [3.05, 3.63) is 0 Å². The zero-order valence-corrected chi connectivity index (χ0v) is 11.7. The minimum absolute atomic E-state index is 0.0770. The van der Waals surface area contributed by atoms with Crippen LogP contribution >= 0.6 is 0 Å². The Balaban J connectivity index is 2.74. The molecule has 1 saturated carbocycles. The Kier molecular flexibility index (Phi) is 5.17. The van der Waals surface area contributed by atoms with Crippen molar-refractivity contribution in [2.75, 3.05) is 0 Å². The normalized spacial score (nSPS) is 19.8. The molecule has 4 heteroatoms. The Morgan fingerprint density at radius 3 is 2.22 bits per heavy atom. The predicted molar refractivity (Wildman–Crippen MR) is 70.2 cm³/mol. The fraction of sp³-hybridized carbons (Fsp3) is 0.857. The maximum atomic E-state index is 12.3. The Morgan fingerprint density at radius 2 is 1.83 bits per heavy atom. The van der Waals surface area contributed by atoms with Crippen molar-refractivity contribution >= 4 is 11.9 Å². The lowest BCUT2D eigenvalue weighted by Crippen LogP contribution is -2.54. The van der Waals surface area contributed by atoms with Gasteiger partial charge < -0.3 is 10.4 Å². The molecule has 1 unspecified atom stereocenters. The summed E-state index contributed by atoms with van der Waals surface area (Å²) in [5.74, 6) is -0.799. The van der Waals surface area contributed by atoms with Crippen LogP contribution in [0, 0.1) is 11.8 Å². The standard InChI is InChI=1S/C14H25NO3/c1-4-7-11(10(2)3)12(16)15-14(13(17)18)8-5-6-9-14/h10-11H,4-9H2,1-3H3,(H,15,16)(H,17,18). The van der Waals surface area contributed by atoms with Gasteiger partial charge in [-0.15, -0.1) is 0 Å². The fourth-order valence-corrected chi connectivity index (χ4v) is 2.78. The van der Waals surface area contributed by atoms with Gasteiger partial charge in [0.1, 0.15) is 5.54 Å². The van der Waals surface area contributed by atoms with Gasteiger partial charge in [-0.25, -0.2) is 4.79 Å². The number of aliphatic carboxylic acids is 1. The van der Waals surface area contributed by atoms with Gasteiger partial charge in [0.05, 0.1) is 0 Å². The molecule has 1 atom stereocenters. The molecule has 0 bridgehead atoms. The van der Waals surface area contributed by atoms with Gasteiger partial charge in [-0.2, -0.15) is 0 Å². The van der Waals surface area contributed by atoms with E-state index in [2.05, 4.69) is 5.32 Å². The number of carbonyl (C=O) groups is 2. The highest BCUT2D eigenvalue weighted by Crippen LogP contribution is 2.31. The van der Waals surface area contributed by atoms with E-state index in [0.29, 0.717) is 12.8 Å². The molecule has 0 spiro atoms. The Morgan fingerprint density at radius 1 is 1.28 bits per heavy atom. The second-order valence-electron chi connectivity index (χ2n) is 5.72. The molecule has 18 heavy (non-hydrogen) atoms. The van der Waals surface area contributed by atoms with Crippen molar-refractivity contribution in [2.45, 2.75) is 64.8 Å². The fourth-order valence-electron chi connectivity index (χ4n) is 2.78. The first kappa shape index (κ1) is 15.0.